The van der Waals surface area contributed by atoms with Crippen LogP contribution in [0.4, 0.5) is 5.95 Å². The monoisotopic (exact) mass is 378 g/mol. The number of hydrogen-bond acceptors (Lipinski definition) is 7. The maximum Gasteiger partial charge on any atom is 0.248 e. The molecule has 0 saturated carbocycles. The maximum absolute atomic E-state index is 12.4. The van der Waals surface area contributed by atoms with Crippen molar-refractivity contribution in [3.63, 3.8) is 0 Å². The van der Waals surface area contributed by atoms with E-state index in [1.165, 1.54) is 0 Å². The average Bonchev–Trinajstić information content (AvgIpc) is 3.36. The standard InChI is InChI=1S/C19H22N8O/c1-20-18(28)17-11-15(13-26(17)12-14-7-5-6-10-21-14)22-19-23-24-25-27(19)16-8-3-2-4-9-16/h2-10,15,17H,11-13H2,1H3,(H,20,28)(H,22,23,25)/t15-,17+/m1/s1. The summed E-state index contributed by atoms with van der Waals surface area (Å²) >= 11 is 0. The van der Waals surface area contributed by atoms with E-state index in [9.17, 15) is 4.79 Å². The molecule has 1 amide bonds. The van der Waals surface area contributed by atoms with Crippen molar-refractivity contribution in [3.05, 3.63) is 60.4 Å². The number of carbonyl (C=O) groups excluding carboxylic acids is 1. The number of amides is 1. The number of aromatic nitrogens is 5. The van der Waals surface area contributed by atoms with Crippen LogP contribution in [0, 0.1) is 0 Å². The Morgan fingerprint density at radius 3 is 2.75 bits per heavy atom. The van der Waals surface area contributed by atoms with Gasteiger partial charge in [0, 0.05) is 32.4 Å². The number of likely N-dealkylation sites (N-methyl/N-ethyl adjacent to an activating group) is 1. The number of carbonyl (C=O) groups is 1. The maximum atomic E-state index is 12.4. The molecule has 1 fully saturated rings. The first-order chi connectivity index (χ1) is 13.7. The van der Waals surface area contributed by atoms with E-state index in [-0.39, 0.29) is 18.0 Å². The lowest BCUT2D eigenvalue weighted by molar-refractivity contribution is -0.125. The molecule has 0 bridgehead atoms. The van der Waals surface area contributed by atoms with Gasteiger partial charge < -0.3 is 10.6 Å². The largest absolute Gasteiger partial charge is 0.358 e. The summed E-state index contributed by atoms with van der Waals surface area (Å²) in [5.74, 6) is 0.564. The Bertz CT molecular complexity index is 914. The number of likely N-dealkylation sites (tertiary alicyclic amines) is 1. The number of tetrazole rings is 1. The molecule has 9 heteroatoms. The third-order valence-corrected chi connectivity index (χ3v) is 4.85. The molecule has 2 N–H and O–H groups in total. The lowest BCUT2D eigenvalue weighted by Crippen LogP contribution is -2.41. The van der Waals surface area contributed by atoms with Gasteiger partial charge in [-0.25, -0.2) is 0 Å². The molecule has 1 saturated heterocycles. The number of hydrogen-bond donors (Lipinski definition) is 2. The second kappa shape index (κ2) is 8.13. The zero-order valence-electron chi connectivity index (χ0n) is 15.6. The van der Waals surface area contributed by atoms with E-state index in [0.717, 1.165) is 11.4 Å². The lowest BCUT2D eigenvalue weighted by atomic mass is 10.1. The van der Waals surface area contributed by atoms with Crippen molar-refractivity contribution in [2.45, 2.75) is 25.0 Å². The molecule has 0 aliphatic carbocycles. The molecule has 28 heavy (non-hydrogen) atoms. The molecule has 3 heterocycles. The quantitative estimate of drug-likeness (QED) is 0.656. The van der Waals surface area contributed by atoms with Crippen molar-refractivity contribution >= 4 is 11.9 Å². The van der Waals surface area contributed by atoms with Crippen LogP contribution in [-0.4, -0.2) is 61.7 Å². The summed E-state index contributed by atoms with van der Waals surface area (Å²) in [4.78, 5) is 18.9. The molecule has 1 aromatic carbocycles. The molecule has 4 rings (SSSR count). The van der Waals surface area contributed by atoms with E-state index in [1.54, 1.807) is 17.9 Å². The summed E-state index contributed by atoms with van der Waals surface area (Å²) in [6, 6.07) is 15.3. The first kappa shape index (κ1) is 18.1. The lowest BCUT2D eigenvalue weighted by Gasteiger charge is -2.22. The van der Waals surface area contributed by atoms with Gasteiger partial charge in [0.05, 0.1) is 17.4 Å². The average molecular weight is 378 g/mol. The van der Waals surface area contributed by atoms with Gasteiger partial charge >= 0.3 is 0 Å². The third-order valence-electron chi connectivity index (χ3n) is 4.85. The normalized spacial score (nSPS) is 19.5. The molecule has 2 aromatic heterocycles. The van der Waals surface area contributed by atoms with Crippen LogP contribution in [0.15, 0.2) is 54.7 Å². The summed E-state index contributed by atoms with van der Waals surface area (Å²) in [6.07, 6.45) is 2.43. The van der Waals surface area contributed by atoms with Gasteiger partial charge in [-0.1, -0.05) is 29.4 Å². The van der Waals surface area contributed by atoms with Crippen molar-refractivity contribution < 1.29 is 4.79 Å². The second-order valence-electron chi connectivity index (χ2n) is 6.71. The van der Waals surface area contributed by atoms with E-state index in [0.29, 0.717) is 25.5 Å². The molecule has 2 atom stereocenters. The first-order valence-corrected chi connectivity index (χ1v) is 9.20. The summed E-state index contributed by atoms with van der Waals surface area (Å²) < 4.78 is 1.66. The van der Waals surface area contributed by atoms with Crippen LogP contribution >= 0.6 is 0 Å². The van der Waals surface area contributed by atoms with E-state index in [2.05, 4.69) is 36.0 Å². The molecular formula is C19H22N8O. The SMILES string of the molecule is CNC(=O)[C@@H]1C[C@@H](Nc2nnnn2-c2ccccc2)CN1Cc1ccccn1. The zero-order valence-corrected chi connectivity index (χ0v) is 15.6. The van der Waals surface area contributed by atoms with Crippen LogP contribution in [0.5, 0.6) is 0 Å². The molecule has 0 radical (unpaired) electrons. The Kier molecular flexibility index (Phi) is 5.24. The van der Waals surface area contributed by atoms with Gasteiger partial charge in [-0.05, 0) is 41.1 Å². The van der Waals surface area contributed by atoms with Crippen LogP contribution in [0.3, 0.4) is 0 Å². The molecule has 144 valence electrons. The molecule has 0 unspecified atom stereocenters. The Morgan fingerprint density at radius 2 is 2.00 bits per heavy atom. The molecule has 9 nitrogen and oxygen atoms in total. The fourth-order valence-electron chi connectivity index (χ4n) is 3.52. The molecule has 1 aliphatic heterocycles. The van der Waals surface area contributed by atoms with Crippen molar-refractivity contribution in [2.24, 2.45) is 0 Å². The third kappa shape index (κ3) is 3.84. The van der Waals surface area contributed by atoms with Crippen LogP contribution in [0.25, 0.3) is 5.69 Å². The minimum absolute atomic E-state index is 0.00267. The summed E-state index contributed by atoms with van der Waals surface area (Å²) in [5.41, 5.74) is 1.81. The summed E-state index contributed by atoms with van der Waals surface area (Å²) in [5, 5.41) is 18.1. The van der Waals surface area contributed by atoms with Gasteiger partial charge in [0.15, 0.2) is 0 Å². The van der Waals surface area contributed by atoms with Gasteiger partial charge in [0.25, 0.3) is 0 Å². The summed E-state index contributed by atoms with van der Waals surface area (Å²) in [6.45, 7) is 1.30. The smallest absolute Gasteiger partial charge is 0.248 e. The van der Waals surface area contributed by atoms with E-state index >= 15 is 0 Å². The predicted molar refractivity (Wildman–Crippen MR) is 104 cm³/mol. The van der Waals surface area contributed by atoms with Crippen molar-refractivity contribution in [2.75, 3.05) is 18.9 Å². The molecule has 3 aromatic rings. The second-order valence-corrected chi connectivity index (χ2v) is 6.71. The number of benzene rings is 1. The van der Waals surface area contributed by atoms with Crippen LogP contribution in [-0.2, 0) is 11.3 Å². The van der Waals surface area contributed by atoms with Crippen LogP contribution < -0.4 is 10.6 Å². The minimum Gasteiger partial charge on any atom is -0.358 e. The highest BCUT2D eigenvalue weighted by Gasteiger charge is 2.37. The van der Waals surface area contributed by atoms with E-state index < -0.39 is 0 Å². The Labute approximate surface area is 162 Å². The number of para-hydroxylation sites is 1. The first-order valence-electron chi connectivity index (χ1n) is 9.20. The van der Waals surface area contributed by atoms with E-state index in [4.69, 9.17) is 0 Å². The zero-order chi connectivity index (χ0) is 19.3. The Morgan fingerprint density at radius 1 is 1.18 bits per heavy atom. The molecule has 0 spiro atoms. The van der Waals surface area contributed by atoms with Crippen LogP contribution in [0.2, 0.25) is 0 Å². The van der Waals surface area contributed by atoms with Gasteiger partial charge in [0.2, 0.25) is 11.9 Å². The van der Waals surface area contributed by atoms with Gasteiger partial charge in [0.1, 0.15) is 0 Å². The highest BCUT2D eigenvalue weighted by Crippen LogP contribution is 2.23. The topological polar surface area (TPSA) is 101 Å². The molecule has 1 aliphatic rings. The highest BCUT2D eigenvalue weighted by atomic mass is 16.2. The number of nitrogens with zero attached hydrogens (tertiary/aromatic N) is 6. The Hall–Kier alpha value is -3.33. The minimum atomic E-state index is -0.231. The number of rotatable bonds is 6. The number of pyridine rings is 1. The van der Waals surface area contributed by atoms with E-state index in [1.807, 2.05) is 48.5 Å². The number of anilines is 1. The van der Waals surface area contributed by atoms with Crippen LogP contribution in [0.1, 0.15) is 12.1 Å². The number of nitrogens with one attached hydrogen (secondary N) is 2. The predicted octanol–water partition coefficient (Wildman–Crippen LogP) is 0.858. The highest BCUT2D eigenvalue weighted by molar-refractivity contribution is 5.82. The van der Waals surface area contributed by atoms with Crippen molar-refractivity contribution in [3.8, 4) is 5.69 Å². The van der Waals surface area contributed by atoms with Gasteiger partial charge in [-0.2, -0.15) is 4.68 Å². The summed E-state index contributed by atoms with van der Waals surface area (Å²) in [7, 11) is 1.66. The van der Waals surface area contributed by atoms with Crippen molar-refractivity contribution in [1.82, 2.24) is 35.4 Å². The van der Waals surface area contributed by atoms with Gasteiger partial charge in [-0.3, -0.25) is 14.7 Å². The van der Waals surface area contributed by atoms with Gasteiger partial charge in [-0.15, -0.1) is 0 Å². The fraction of sp³-hybridized carbons (Fsp3) is 0.316. The fourth-order valence-corrected chi connectivity index (χ4v) is 3.52. The van der Waals surface area contributed by atoms with Crippen molar-refractivity contribution in [1.29, 1.82) is 0 Å². The Balaban J connectivity index is 1.50. The molecular weight excluding hydrogens is 356 g/mol.